The van der Waals surface area contributed by atoms with Crippen molar-refractivity contribution in [1.29, 1.82) is 0 Å². The molecule has 0 unspecified atom stereocenters. The van der Waals surface area contributed by atoms with Crippen molar-refractivity contribution in [3.8, 4) is 16.9 Å². The van der Waals surface area contributed by atoms with Gasteiger partial charge in [0.15, 0.2) is 6.10 Å². The molecule has 34 heavy (non-hydrogen) atoms. The maximum Gasteiger partial charge on any atom is 0.263 e. The van der Waals surface area contributed by atoms with Crippen molar-refractivity contribution in [1.82, 2.24) is 9.88 Å². The van der Waals surface area contributed by atoms with Gasteiger partial charge in [-0.3, -0.25) is 9.59 Å². The highest BCUT2D eigenvalue weighted by atomic mass is 35.5. The third-order valence-electron chi connectivity index (χ3n) is 6.32. The number of piperidine rings is 1. The van der Waals surface area contributed by atoms with Crippen LogP contribution in [0.3, 0.4) is 0 Å². The van der Waals surface area contributed by atoms with E-state index in [1.165, 1.54) is 0 Å². The number of hydrogen-bond acceptors (Lipinski definition) is 4. The molecule has 1 saturated heterocycles. The predicted octanol–water partition coefficient (Wildman–Crippen LogP) is 6.58. The lowest BCUT2D eigenvalue weighted by molar-refractivity contribution is -0.140. The molecule has 4 rings (SSSR count). The zero-order valence-electron chi connectivity index (χ0n) is 19.4. The van der Waals surface area contributed by atoms with Crippen molar-refractivity contribution in [3.63, 3.8) is 0 Å². The second-order valence-corrected chi connectivity index (χ2v) is 9.59. The van der Waals surface area contributed by atoms with Crippen molar-refractivity contribution < 1.29 is 14.3 Å². The number of Topliss-reactive ketones (excluding diaryl/α,β-unsaturated/α-hetero) is 1. The molecule has 178 valence electrons. The maximum atomic E-state index is 13.1. The molecule has 2 atom stereocenters. The number of fused-ring (bicyclic) bond motifs is 1. The van der Waals surface area contributed by atoms with Crippen LogP contribution in [0.25, 0.3) is 22.0 Å². The highest BCUT2D eigenvalue weighted by Crippen LogP contribution is 2.36. The summed E-state index contributed by atoms with van der Waals surface area (Å²) >= 11 is 12.7. The van der Waals surface area contributed by atoms with Crippen molar-refractivity contribution >= 4 is 45.8 Å². The van der Waals surface area contributed by atoms with Crippen LogP contribution in [0.1, 0.15) is 39.5 Å². The van der Waals surface area contributed by atoms with Gasteiger partial charge in [-0.25, -0.2) is 4.98 Å². The van der Waals surface area contributed by atoms with Gasteiger partial charge in [0.05, 0.1) is 5.52 Å². The Morgan fingerprint density at radius 1 is 1.15 bits per heavy atom. The number of nitrogens with zero attached hydrogens (tertiary/aromatic N) is 2. The molecule has 2 aromatic carbocycles. The number of carbonyl (C=O) groups is 2. The van der Waals surface area contributed by atoms with E-state index in [2.05, 4.69) is 4.98 Å². The van der Waals surface area contributed by atoms with E-state index >= 15 is 0 Å². The number of halogens is 2. The Balaban J connectivity index is 1.51. The first kappa shape index (κ1) is 24.5. The van der Waals surface area contributed by atoms with E-state index < -0.39 is 6.10 Å². The van der Waals surface area contributed by atoms with E-state index in [4.69, 9.17) is 27.9 Å². The Labute approximate surface area is 210 Å². The van der Waals surface area contributed by atoms with Crippen LogP contribution in [-0.2, 0) is 9.59 Å². The zero-order valence-corrected chi connectivity index (χ0v) is 20.9. The van der Waals surface area contributed by atoms with Crippen LogP contribution < -0.4 is 4.74 Å². The molecule has 1 aromatic heterocycles. The Morgan fingerprint density at radius 3 is 2.71 bits per heavy atom. The number of pyridine rings is 1. The molecule has 0 N–H and O–H groups in total. The zero-order chi connectivity index (χ0) is 24.2. The number of hydrogen-bond donors (Lipinski definition) is 0. The van der Waals surface area contributed by atoms with Crippen LogP contribution in [0, 0.1) is 5.92 Å². The van der Waals surface area contributed by atoms with Crippen LogP contribution in [-0.4, -0.2) is 40.8 Å². The fourth-order valence-corrected chi connectivity index (χ4v) is 5.00. The lowest BCUT2D eigenvalue weighted by Gasteiger charge is -2.34. The van der Waals surface area contributed by atoms with Crippen LogP contribution in [0.15, 0.2) is 48.5 Å². The molecular weight excluding hydrogens is 471 g/mol. The minimum absolute atomic E-state index is 0.0652. The van der Waals surface area contributed by atoms with Gasteiger partial charge in [0.2, 0.25) is 0 Å². The summed E-state index contributed by atoms with van der Waals surface area (Å²) in [6, 6.07) is 14.9. The average molecular weight is 499 g/mol. The van der Waals surface area contributed by atoms with E-state index in [0.717, 1.165) is 29.4 Å². The van der Waals surface area contributed by atoms with Gasteiger partial charge in [-0.1, -0.05) is 48.3 Å². The molecule has 2 heterocycles. The summed E-state index contributed by atoms with van der Waals surface area (Å²) in [7, 11) is 0. The number of aromatic nitrogens is 1. The van der Waals surface area contributed by atoms with Gasteiger partial charge >= 0.3 is 0 Å². The number of carbonyl (C=O) groups excluding carboxylic acids is 2. The fourth-order valence-electron chi connectivity index (χ4n) is 4.56. The molecule has 1 fully saturated rings. The lowest BCUT2D eigenvalue weighted by Crippen LogP contribution is -2.46. The summed E-state index contributed by atoms with van der Waals surface area (Å²) in [5.74, 6) is 0.960. The molecule has 1 aliphatic heterocycles. The van der Waals surface area contributed by atoms with Gasteiger partial charge in [-0.05, 0) is 55.5 Å². The minimum atomic E-state index is -0.653. The first-order valence-electron chi connectivity index (χ1n) is 11.7. The van der Waals surface area contributed by atoms with Gasteiger partial charge in [-0.2, -0.15) is 0 Å². The summed E-state index contributed by atoms with van der Waals surface area (Å²) in [4.78, 5) is 31.2. The van der Waals surface area contributed by atoms with E-state index in [9.17, 15) is 9.59 Å². The summed E-state index contributed by atoms with van der Waals surface area (Å²) in [5, 5.41) is 1.87. The van der Waals surface area contributed by atoms with Crippen LogP contribution in [0.5, 0.6) is 5.75 Å². The first-order chi connectivity index (χ1) is 16.4. The van der Waals surface area contributed by atoms with Crippen molar-refractivity contribution in [2.45, 2.75) is 45.6 Å². The first-order valence-corrected chi connectivity index (χ1v) is 12.4. The highest BCUT2D eigenvalue weighted by Gasteiger charge is 2.28. The van der Waals surface area contributed by atoms with Gasteiger partial charge < -0.3 is 9.64 Å². The van der Waals surface area contributed by atoms with Gasteiger partial charge in [-0.15, -0.1) is 0 Å². The molecule has 5 nitrogen and oxygen atoms in total. The number of rotatable bonds is 7. The monoisotopic (exact) mass is 498 g/mol. The normalized spacial score (nSPS) is 16.9. The topological polar surface area (TPSA) is 59.5 Å². The molecule has 3 aromatic rings. The number of amides is 1. The SMILES string of the molecule is CCC(=O)C[C@H]1CCCN(C(=O)[C@@H](C)Oc2ccc3c(-c4ccccc4Cl)cc(Cl)nc3c2)C1. The Bertz CT molecular complexity index is 1210. The molecule has 0 aliphatic carbocycles. The minimum Gasteiger partial charge on any atom is -0.481 e. The number of ketones is 1. The lowest BCUT2D eigenvalue weighted by atomic mass is 9.92. The Kier molecular flexibility index (Phi) is 7.74. The van der Waals surface area contributed by atoms with E-state index in [1.807, 2.05) is 48.2 Å². The van der Waals surface area contributed by atoms with Crippen molar-refractivity contribution in [3.05, 3.63) is 58.7 Å². The predicted molar refractivity (Wildman–Crippen MR) is 137 cm³/mol. The van der Waals surface area contributed by atoms with Crippen molar-refractivity contribution in [2.75, 3.05) is 13.1 Å². The number of ether oxygens (including phenoxy) is 1. The molecule has 0 saturated carbocycles. The standard InChI is InChI=1S/C27H28Cl2N2O3/c1-3-19(32)13-18-7-6-12-31(16-18)27(33)17(2)34-20-10-11-22-23(15-26(29)30-25(22)14-20)21-8-4-5-9-24(21)28/h4-5,8-11,14-15,17-18H,3,6-7,12-13,16H2,1-2H3/t17-,18-/m1/s1. The third-order valence-corrected chi connectivity index (χ3v) is 6.84. The van der Waals surface area contributed by atoms with E-state index in [1.54, 1.807) is 19.1 Å². The summed E-state index contributed by atoms with van der Waals surface area (Å²) in [5.41, 5.74) is 2.42. The second kappa shape index (κ2) is 10.7. The third kappa shape index (κ3) is 5.53. The molecule has 7 heteroatoms. The van der Waals surface area contributed by atoms with Crippen LogP contribution in [0.4, 0.5) is 0 Å². The molecule has 0 bridgehead atoms. The summed E-state index contributed by atoms with van der Waals surface area (Å²) < 4.78 is 6.02. The van der Waals surface area contributed by atoms with E-state index in [0.29, 0.717) is 47.4 Å². The number of likely N-dealkylation sites (tertiary alicyclic amines) is 1. The van der Waals surface area contributed by atoms with Gasteiger partial charge in [0.25, 0.3) is 5.91 Å². The molecule has 0 radical (unpaired) electrons. The molecule has 0 spiro atoms. The largest absolute Gasteiger partial charge is 0.481 e. The Hall–Kier alpha value is -2.63. The fraction of sp³-hybridized carbons (Fsp3) is 0.370. The molecular formula is C27H28Cl2N2O3. The summed E-state index contributed by atoms with van der Waals surface area (Å²) in [6.07, 6.45) is 2.32. The van der Waals surface area contributed by atoms with Crippen LogP contribution in [0.2, 0.25) is 10.2 Å². The Morgan fingerprint density at radius 2 is 1.94 bits per heavy atom. The van der Waals surface area contributed by atoms with E-state index in [-0.39, 0.29) is 17.6 Å². The smallest absolute Gasteiger partial charge is 0.263 e. The van der Waals surface area contributed by atoms with Gasteiger partial charge in [0.1, 0.15) is 16.7 Å². The summed E-state index contributed by atoms with van der Waals surface area (Å²) in [6.45, 7) is 4.94. The molecule has 1 amide bonds. The maximum absolute atomic E-state index is 13.1. The second-order valence-electron chi connectivity index (χ2n) is 8.80. The number of benzene rings is 2. The van der Waals surface area contributed by atoms with Gasteiger partial charge in [0, 0.05) is 48.0 Å². The quantitative estimate of drug-likeness (QED) is 0.345. The van der Waals surface area contributed by atoms with Crippen LogP contribution >= 0.6 is 23.2 Å². The highest BCUT2D eigenvalue weighted by molar-refractivity contribution is 6.34. The average Bonchev–Trinajstić information content (AvgIpc) is 2.83. The van der Waals surface area contributed by atoms with Crippen molar-refractivity contribution in [2.24, 2.45) is 5.92 Å². The molecule has 1 aliphatic rings.